The molecule has 1 aromatic rings. The fourth-order valence-corrected chi connectivity index (χ4v) is 3.01. The molecule has 1 unspecified atom stereocenters. The van der Waals surface area contributed by atoms with Crippen LogP contribution in [0.5, 0.6) is 5.75 Å². The van der Waals surface area contributed by atoms with Gasteiger partial charge in [0, 0.05) is 52.9 Å². The van der Waals surface area contributed by atoms with Crippen LogP contribution < -0.4 is 15.4 Å². The van der Waals surface area contributed by atoms with Crippen LogP contribution >= 0.6 is 0 Å². The van der Waals surface area contributed by atoms with Gasteiger partial charge < -0.3 is 25.2 Å². The smallest absolute Gasteiger partial charge is 0.190 e. The summed E-state index contributed by atoms with van der Waals surface area (Å²) >= 11 is 0. The number of ether oxygens (including phenoxy) is 1. The molecule has 1 fully saturated rings. The van der Waals surface area contributed by atoms with Crippen LogP contribution in [-0.4, -0.2) is 82.3 Å². The molecular formula is C20H35N5O. The Morgan fingerprint density at radius 3 is 2.58 bits per heavy atom. The molecule has 0 aromatic heterocycles. The summed E-state index contributed by atoms with van der Waals surface area (Å²) < 4.78 is 5.70. The molecule has 0 aliphatic carbocycles. The first kappa shape index (κ1) is 20.5. The number of nitrogens with zero attached hydrogens (tertiary/aromatic N) is 3. The van der Waals surface area contributed by atoms with Gasteiger partial charge in [-0.1, -0.05) is 25.1 Å². The fraction of sp³-hybridized carbons (Fsp3) is 0.650. The van der Waals surface area contributed by atoms with Gasteiger partial charge in [-0.25, -0.2) is 0 Å². The number of benzene rings is 1. The highest BCUT2D eigenvalue weighted by molar-refractivity contribution is 5.79. The van der Waals surface area contributed by atoms with Gasteiger partial charge in [0.05, 0.1) is 6.61 Å². The lowest BCUT2D eigenvalue weighted by atomic mass is 10.1. The molecule has 6 nitrogen and oxygen atoms in total. The number of nitrogens with one attached hydrogen (secondary N) is 2. The van der Waals surface area contributed by atoms with Crippen molar-refractivity contribution in [3.63, 3.8) is 0 Å². The van der Waals surface area contributed by atoms with E-state index in [1.165, 1.54) is 26.2 Å². The predicted octanol–water partition coefficient (Wildman–Crippen LogP) is 1.50. The highest BCUT2D eigenvalue weighted by Gasteiger charge is 2.16. The third-order valence-electron chi connectivity index (χ3n) is 4.63. The van der Waals surface area contributed by atoms with E-state index in [9.17, 15) is 0 Å². The second-order valence-corrected chi connectivity index (χ2v) is 7.10. The van der Waals surface area contributed by atoms with Crippen molar-refractivity contribution >= 4 is 5.96 Å². The number of rotatable bonds is 9. The molecule has 1 aliphatic heterocycles. The normalized spacial score (nSPS) is 17.7. The highest BCUT2D eigenvalue weighted by Crippen LogP contribution is 2.08. The van der Waals surface area contributed by atoms with Crippen molar-refractivity contribution in [1.82, 2.24) is 20.4 Å². The number of hydrogen-bond acceptors (Lipinski definition) is 4. The summed E-state index contributed by atoms with van der Waals surface area (Å²) in [5, 5.41) is 6.80. The Hall–Kier alpha value is -1.79. The summed E-state index contributed by atoms with van der Waals surface area (Å²) in [7, 11) is 4.02. The molecule has 2 rings (SSSR count). The number of aliphatic imine (C=N–C) groups is 1. The third kappa shape index (κ3) is 8.06. The number of para-hydroxylation sites is 1. The number of hydrogen-bond donors (Lipinski definition) is 2. The highest BCUT2D eigenvalue weighted by atomic mass is 16.5. The quantitative estimate of drug-likeness (QED) is 0.397. The average molecular weight is 362 g/mol. The zero-order valence-electron chi connectivity index (χ0n) is 16.6. The molecule has 0 bridgehead atoms. The Labute approximate surface area is 158 Å². The van der Waals surface area contributed by atoms with E-state index in [-0.39, 0.29) is 0 Å². The van der Waals surface area contributed by atoms with E-state index >= 15 is 0 Å². The minimum atomic E-state index is 0.596. The molecule has 1 heterocycles. The minimum Gasteiger partial charge on any atom is -0.494 e. The van der Waals surface area contributed by atoms with E-state index in [1.807, 2.05) is 37.4 Å². The van der Waals surface area contributed by atoms with Gasteiger partial charge in [-0.15, -0.1) is 0 Å². The zero-order chi connectivity index (χ0) is 18.6. The molecule has 26 heavy (non-hydrogen) atoms. The lowest BCUT2D eigenvalue weighted by molar-refractivity contribution is 0.139. The van der Waals surface area contributed by atoms with Crippen LogP contribution in [0.15, 0.2) is 35.3 Å². The second-order valence-electron chi connectivity index (χ2n) is 7.10. The Bertz CT molecular complexity index is 514. The minimum absolute atomic E-state index is 0.596. The molecule has 0 saturated carbocycles. The topological polar surface area (TPSA) is 52.1 Å². The molecule has 0 amide bonds. The summed E-state index contributed by atoms with van der Waals surface area (Å²) in [4.78, 5) is 9.26. The summed E-state index contributed by atoms with van der Waals surface area (Å²) in [6.07, 6.45) is 0.937. The van der Waals surface area contributed by atoms with Gasteiger partial charge in [-0.3, -0.25) is 4.99 Å². The van der Waals surface area contributed by atoms with Crippen LogP contribution in [0.1, 0.15) is 13.3 Å². The van der Waals surface area contributed by atoms with Gasteiger partial charge in [-0.2, -0.15) is 0 Å². The first-order valence-electron chi connectivity index (χ1n) is 9.70. The molecule has 1 aromatic carbocycles. The van der Waals surface area contributed by atoms with Crippen LogP contribution in [-0.2, 0) is 0 Å². The predicted molar refractivity (Wildman–Crippen MR) is 109 cm³/mol. The van der Waals surface area contributed by atoms with Crippen molar-refractivity contribution in [2.24, 2.45) is 10.9 Å². The van der Waals surface area contributed by atoms with Crippen molar-refractivity contribution in [2.45, 2.75) is 13.3 Å². The summed E-state index contributed by atoms with van der Waals surface area (Å²) in [6.45, 7) is 10.6. The standard InChI is InChI=1S/C20H35N5O/c1-18(17-25-13-11-24(3)12-14-25)16-23-20(21-2)22-10-7-15-26-19-8-5-4-6-9-19/h4-6,8-9,18H,7,10-17H2,1-3H3,(H2,21,22,23). The second kappa shape index (κ2) is 11.8. The van der Waals surface area contributed by atoms with Gasteiger partial charge in [0.1, 0.15) is 5.75 Å². The molecule has 1 aliphatic rings. The zero-order valence-corrected chi connectivity index (χ0v) is 16.6. The monoisotopic (exact) mass is 361 g/mol. The van der Waals surface area contributed by atoms with E-state index in [4.69, 9.17) is 4.74 Å². The number of piperazine rings is 1. The van der Waals surface area contributed by atoms with Crippen molar-refractivity contribution in [3.8, 4) is 5.75 Å². The SMILES string of the molecule is CN=C(NCCCOc1ccccc1)NCC(C)CN1CCN(C)CC1. The van der Waals surface area contributed by atoms with E-state index in [0.717, 1.165) is 37.8 Å². The van der Waals surface area contributed by atoms with Gasteiger partial charge in [-0.05, 0) is 31.5 Å². The average Bonchev–Trinajstić information content (AvgIpc) is 2.66. The van der Waals surface area contributed by atoms with Crippen molar-refractivity contribution in [1.29, 1.82) is 0 Å². The largest absolute Gasteiger partial charge is 0.494 e. The maximum Gasteiger partial charge on any atom is 0.190 e. The van der Waals surface area contributed by atoms with E-state index in [1.54, 1.807) is 0 Å². The Kier molecular flexibility index (Phi) is 9.28. The summed E-state index contributed by atoms with van der Waals surface area (Å²) in [5.41, 5.74) is 0. The van der Waals surface area contributed by atoms with Crippen LogP contribution in [0.2, 0.25) is 0 Å². The van der Waals surface area contributed by atoms with Crippen LogP contribution in [0.3, 0.4) is 0 Å². The van der Waals surface area contributed by atoms with Crippen LogP contribution in [0.25, 0.3) is 0 Å². The van der Waals surface area contributed by atoms with Gasteiger partial charge >= 0.3 is 0 Å². The first-order valence-corrected chi connectivity index (χ1v) is 9.70. The molecule has 146 valence electrons. The molecular weight excluding hydrogens is 326 g/mol. The van der Waals surface area contributed by atoms with E-state index < -0.39 is 0 Å². The summed E-state index contributed by atoms with van der Waals surface area (Å²) in [6, 6.07) is 9.94. The number of guanidine groups is 1. The summed E-state index contributed by atoms with van der Waals surface area (Å²) in [5.74, 6) is 2.39. The molecule has 1 atom stereocenters. The lowest BCUT2D eigenvalue weighted by Gasteiger charge is -2.34. The van der Waals surface area contributed by atoms with Crippen LogP contribution in [0, 0.1) is 5.92 Å². The molecule has 1 saturated heterocycles. The molecule has 0 radical (unpaired) electrons. The lowest BCUT2D eigenvalue weighted by Crippen LogP contribution is -2.47. The first-order chi connectivity index (χ1) is 12.7. The molecule has 0 spiro atoms. The maximum atomic E-state index is 5.70. The Balaban J connectivity index is 1.54. The van der Waals surface area contributed by atoms with Crippen molar-refractivity contribution in [3.05, 3.63) is 30.3 Å². The molecule has 2 N–H and O–H groups in total. The van der Waals surface area contributed by atoms with Crippen LogP contribution in [0.4, 0.5) is 0 Å². The van der Waals surface area contributed by atoms with Crippen molar-refractivity contribution in [2.75, 3.05) is 66.5 Å². The van der Waals surface area contributed by atoms with Crippen molar-refractivity contribution < 1.29 is 4.74 Å². The van der Waals surface area contributed by atoms with Gasteiger partial charge in [0.15, 0.2) is 5.96 Å². The van der Waals surface area contributed by atoms with Gasteiger partial charge in [0.2, 0.25) is 0 Å². The molecule has 6 heteroatoms. The maximum absolute atomic E-state index is 5.70. The number of likely N-dealkylation sites (N-methyl/N-ethyl adjacent to an activating group) is 1. The van der Waals surface area contributed by atoms with E-state index in [0.29, 0.717) is 12.5 Å². The van der Waals surface area contributed by atoms with Gasteiger partial charge in [0.25, 0.3) is 0 Å². The fourth-order valence-electron chi connectivity index (χ4n) is 3.01. The Morgan fingerprint density at radius 1 is 1.15 bits per heavy atom. The Morgan fingerprint density at radius 2 is 1.88 bits per heavy atom. The van der Waals surface area contributed by atoms with E-state index in [2.05, 4.69) is 39.4 Å². The third-order valence-corrected chi connectivity index (χ3v) is 4.63.